The molecule has 1 rings (SSSR count). The van der Waals surface area contributed by atoms with E-state index < -0.39 is 6.36 Å². The van der Waals surface area contributed by atoms with Crippen LogP contribution in [0.4, 0.5) is 13.2 Å². The standard InChI is InChI=1S/C10H12F3OS/c1-15(2)7-8-3-5-9(6-4-8)14-10(11,12)13/h3-6H,7H2,1-2H3/q+1. The normalized spacial score (nSPS) is 11.9. The SMILES string of the molecule is C[S+](C)Cc1ccc(OC(F)(F)F)cc1. The predicted molar refractivity (Wildman–Crippen MR) is 56.0 cm³/mol. The molecule has 15 heavy (non-hydrogen) atoms. The van der Waals surface area contributed by atoms with Crippen molar-refractivity contribution in [3.63, 3.8) is 0 Å². The quantitative estimate of drug-likeness (QED) is 0.734. The lowest BCUT2D eigenvalue weighted by Gasteiger charge is -2.08. The Kier molecular flexibility index (Phi) is 3.90. The molecular weight excluding hydrogens is 225 g/mol. The molecule has 0 bridgehead atoms. The summed E-state index contributed by atoms with van der Waals surface area (Å²) >= 11 is 0. The molecule has 1 aromatic carbocycles. The molecule has 0 aromatic heterocycles. The van der Waals surface area contributed by atoms with Gasteiger partial charge in [-0.15, -0.1) is 13.2 Å². The number of benzene rings is 1. The van der Waals surface area contributed by atoms with Crippen molar-refractivity contribution in [2.75, 3.05) is 12.5 Å². The maximum atomic E-state index is 11.8. The van der Waals surface area contributed by atoms with Gasteiger partial charge in [0, 0.05) is 5.56 Å². The van der Waals surface area contributed by atoms with E-state index >= 15 is 0 Å². The Morgan fingerprint density at radius 3 is 2.07 bits per heavy atom. The Morgan fingerprint density at radius 1 is 1.13 bits per heavy atom. The van der Waals surface area contributed by atoms with Gasteiger partial charge in [-0.2, -0.15) is 0 Å². The van der Waals surface area contributed by atoms with Crippen LogP contribution in [0.15, 0.2) is 24.3 Å². The van der Waals surface area contributed by atoms with Gasteiger partial charge in [-0.3, -0.25) is 0 Å². The molecule has 0 fully saturated rings. The fourth-order valence-corrected chi connectivity index (χ4v) is 1.98. The molecule has 1 nitrogen and oxygen atoms in total. The van der Waals surface area contributed by atoms with Gasteiger partial charge in [0.15, 0.2) is 0 Å². The summed E-state index contributed by atoms with van der Waals surface area (Å²) in [6.07, 6.45) is -0.443. The number of hydrogen-bond donors (Lipinski definition) is 0. The van der Waals surface area contributed by atoms with Crippen LogP contribution in [0.5, 0.6) is 5.75 Å². The van der Waals surface area contributed by atoms with Gasteiger partial charge in [0.25, 0.3) is 0 Å². The number of alkyl halides is 3. The third kappa shape index (κ3) is 4.97. The van der Waals surface area contributed by atoms with Crippen LogP contribution in [-0.4, -0.2) is 18.9 Å². The second-order valence-electron chi connectivity index (χ2n) is 3.32. The van der Waals surface area contributed by atoms with Gasteiger partial charge >= 0.3 is 6.36 Å². The Labute approximate surface area is 89.6 Å². The van der Waals surface area contributed by atoms with Crippen LogP contribution < -0.4 is 4.74 Å². The van der Waals surface area contributed by atoms with Crippen LogP contribution in [0.3, 0.4) is 0 Å². The van der Waals surface area contributed by atoms with Gasteiger partial charge in [0.05, 0.1) is 12.5 Å². The van der Waals surface area contributed by atoms with Crippen molar-refractivity contribution < 1.29 is 17.9 Å². The van der Waals surface area contributed by atoms with Crippen LogP contribution in [0, 0.1) is 0 Å². The zero-order valence-corrected chi connectivity index (χ0v) is 9.28. The molecule has 0 heterocycles. The maximum absolute atomic E-state index is 11.8. The van der Waals surface area contributed by atoms with Crippen LogP contribution >= 0.6 is 0 Å². The van der Waals surface area contributed by atoms with Gasteiger partial charge in [0.1, 0.15) is 11.5 Å². The lowest BCUT2D eigenvalue weighted by Crippen LogP contribution is -2.17. The lowest BCUT2D eigenvalue weighted by molar-refractivity contribution is -0.274. The van der Waals surface area contributed by atoms with Gasteiger partial charge in [-0.25, -0.2) is 0 Å². The van der Waals surface area contributed by atoms with Crippen molar-refractivity contribution in [3.8, 4) is 5.75 Å². The van der Waals surface area contributed by atoms with E-state index in [4.69, 9.17) is 0 Å². The number of rotatable bonds is 3. The first-order chi connectivity index (χ1) is 6.87. The molecule has 5 heteroatoms. The van der Waals surface area contributed by atoms with E-state index in [0.717, 1.165) is 11.3 Å². The fraction of sp³-hybridized carbons (Fsp3) is 0.400. The van der Waals surface area contributed by atoms with Gasteiger partial charge in [-0.05, 0) is 23.0 Å². The molecule has 0 saturated carbocycles. The second-order valence-corrected chi connectivity index (χ2v) is 5.58. The van der Waals surface area contributed by atoms with Crippen LogP contribution in [0.2, 0.25) is 0 Å². The minimum absolute atomic E-state index is 0.168. The molecule has 0 radical (unpaired) electrons. The second kappa shape index (κ2) is 4.79. The molecule has 0 aliphatic carbocycles. The lowest BCUT2D eigenvalue weighted by atomic mass is 10.2. The third-order valence-corrected chi connectivity index (χ3v) is 2.52. The molecule has 0 saturated heterocycles. The average molecular weight is 237 g/mol. The number of ether oxygens (including phenoxy) is 1. The first-order valence-electron chi connectivity index (χ1n) is 4.26. The van der Waals surface area contributed by atoms with Crippen LogP contribution in [0.25, 0.3) is 0 Å². The average Bonchev–Trinajstić information content (AvgIpc) is 2.05. The van der Waals surface area contributed by atoms with E-state index in [1.165, 1.54) is 12.1 Å². The minimum Gasteiger partial charge on any atom is -0.406 e. The van der Waals surface area contributed by atoms with Crippen LogP contribution in [0.1, 0.15) is 5.56 Å². The molecule has 0 N–H and O–H groups in total. The summed E-state index contributed by atoms with van der Waals surface area (Å²) < 4.78 is 39.3. The van der Waals surface area contributed by atoms with Gasteiger partial charge < -0.3 is 4.74 Å². The minimum atomic E-state index is -4.61. The summed E-state index contributed by atoms with van der Waals surface area (Å²) in [4.78, 5) is 0. The number of hydrogen-bond acceptors (Lipinski definition) is 1. The largest absolute Gasteiger partial charge is 0.573 e. The van der Waals surface area contributed by atoms with Crippen molar-refractivity contribution in [1.29, 1.82) is 0 Å². The Morgan fingerprint density at radius 2 is 1.67 bits per heavy atom. The molecule has 0 spiro atoms. The smallest absolute Gasteiger partial charge is 0.406 e. The molecule has 0 atom stereocenters. The monoisotopic (exact) mass is 237 g/mol. The molecular formula is C10H12F3OS+. The molecule has 1 aromatic rings. The van der Waals surface area contributed by atoms with Crippen molar-refractivity contribution in [3.05, 3.63) is 29.8 Å². The first-order valence-corrected chi connectivity index (χ1v) is 6.47. The summed E-state index contributed by atoms with van der Waals surface area (Å²) in [6, 6.07) is 6.01. The highest BCUT2D eigenvalue weighted by Crippen LogP contribution is 2.23. The van der Waals surface area contributed by atoms with Crippen molar-refractivity contribution in [2.24, 2.45) is 0 Å². The summed E-state index contributed by atoms with van der Waals surface area (Å²) in [7, 11) is 0.245. The van der Waals surface area contributed by atoms with Crippen LogP contribution in [-0.2, 0) is 16.6 Å². The van der Waals surface area contributed by atoms with E-state index in [0.29, 0.717) is 0 Å². The topological polar surface area (TPSA) is 9.23 Å². The zero-order valence-electron chi connectivity index (χ0n) is 8.47. The fourth-order valence-electron chi connectivity index (χ4n) is 1.12. The van der Waals surface area contributed by atoms with Crippen molar-refractivity contribution in [1.82, 2.24) is 0 Å². The van der Waals surface area contributed by atoms with E-state index in [-0.39, 0.29) is 16.6 Å². The Bertz CT molecular complexity index is 305. The zero-order chi connectivity index (χ0) is 11.5. The molecule has 0 aliphatic heterocycles. The third-order valence-electron chi connectivity index (χ3n) is 1.61. The summed E-state index contributed by atoms with van der Waals surface area (Å²) in [5.41, 5.74) is 1.03. The predicted octanol–water partition coefficient (Wildman–Crippen LogP) is 2.96. The summed E-state index contributed by atoms with van der Waals surface area (Å²) in [5, 5.41) is 0. The van der Waals surface area contributed by atoms with E-state index in [2.05, 4.69) is 17.2 Å². The molecule has 0 amide bonds. The molecule has 0 unspecified atom stereocenters. The molecule has 84 valence electrons. The molecule has 0 aliphatic rings. The number of halogens is 3. The highest BCUT2D eigenvalue weighted by atomic mass is 32.2. The van der Waals surface area contributed by atoms with E-state index in [1.807, 2.05) is 0 Å². The van der Waals surface area contributed by atoms with Crippen molar-refractivity contribution in [2.45, 2.75) is 12.1 Å². The summed E-state index contributed by atoms with van der Waals surface area (Å²) in [6.45, 7) is 0. The highest BCUT2D eigenvalue weighted by Gasteiger charge is 2.30. The van der Waals surface area contributed by atoms with E-state index in [9.17, 15) is 13.2 Å². The Balaban J connectivity index is 2.64. The van der Waals surface area contributed by atoms with Gasteiger partial charge in [-0.1, -0.05) is 12.1 Å². The van der Waals surface area contributed by atoms with Crippen molar-refractivity contribution >= 4 is 10.9 Å². The maximum Gasteiger partial charge on any atom is 0.573 e. The first kappa shape index (κ1) is 12.2. The van der Waals surface area contributed by atoms with E-state index in [1.54, 1.807) is 12.1 Å². The Hall–Kier alpha value is -0.840. The highest BCUT2D eigenvalue weighted by molar-refractivity contribution is 7.94. The van der Waals surface area contributed by atoms with Gasteiger partial charge in [0.2, 0.25) is 0 Å². The summed E-state index contributed by atoms with van der Waals surface area (Å²) in [5.74, 6) is 0.713.